The number of fused-ring (bicyclic) bond motifs is 3. The summed E-state index contributed by atoms with van der Waals surface area (Å²) < 4.78 is 10.7. The molecular formula is C61H63Cl7N12O9. The standard InChI is InChI=1S/C23H26Cl2N4O3.2C19H18Cl2N4O3.ClH/c1-13-19(21(30)28-11-5-6-17(28)22(31)32-23(2,3)4)20(29-18(27-13)9-10-26-29)14-7-8-15(24)16(25)12-14;2*1-10-16(18(26)24-8-2-3-14(24)19(27)28)17(25-15(23-10)6-7-22-25)11-4-5-12(20)13(21)9-11;/h7-10,12,17,20,27H,5-6,11H2,1-4H3;2*4-7,9,14,17,23H,2-3,8H2,1H3,(H,27,28);1H/t17-,20?;2*14-,17?;/m000./s1. The SMILES string of the molecule is CC1=C(C(=O)N2CCC[C@H]2C(=O)O)C(c2ccc(Cl)c(Cl)c2)n2nccc2N1.CC1=C(C(=O)N2CCC[C@H]2C(=O)O)C(c2ccc(Cl)c(Cl)c2)n2nccc2N1.CC1=C(C(=O)N2CCC[C@H]2C(=O)OC(C)(C)C)C(c2ccc(Cl)c(Cl)c2)n2nccc2N1.Cl. The Kier molecular flexibility index (Phi) is 20.1. The van der Waals surface area contributed by atoms with E-state index in [0.717, 1.165) is 40.6 Å². The fraction of sp³-hybridized carbons (Fsp3) is 0.361. The second-order valence-corrected chi connectivity index (χ2v) is 25.3. The van der Waals surface area contributed by atoms with E-state index in [0.29, 0.717) is 116 Å². The smallest absolute Gasteiger partial charge is 0.329 e. The third-order valence-corrected chi connectivity index (χ3v) is 18.2. The topological polar surface area (TPSA) is 251 Å². The molecule has 470 valence electrons. The first-order valence-corrected chi connectivity index (χ1v) is 30.6. The summed E-state index contributed by atoms with van der Waals surface area (Å²) in [5.41, 5.74) is 5.07. The zero-order chi connectivity index (χ0) is 63.2. The molecule has 3 amide bonds. The highest BCUT2D eigenvalue weighted by molar-refractivity contribution is 6.43. The van der Waals surface area contributed by atoms with Crippen LogP contribution in [0.1, 0.15) is 115 Å². The molecule has 89 heavy (non-hydrogen) atoms. The predicted octanol–water partition coefficient (Wildman–Crippen LogP) is 12.3. The lowest BCUT2D eigenvalue weighted by molar-refractivity contribution is -0.162. The lowest BCUT2D eigenvalue weighted by atomic mass is 9.94. The molecule has 12 rings (SSSR count). The maximum atomic E-state index is 13.9. The molecule has 0 radical (unpaired) electrons. The largest absolute Gasteiger partial charge is 0.480 e. The number of halogens is 7. The number of carbonyl (C=O) groups excluding carboxylic acids is 4. The number of nitrogens with zero attached hydrogens (tertiary/aromatic N) is 9. The molecule has 0 saturated carbocycles. The summed E-state index contributed by atoms with van der Waals surface area (Å²) in [6, 6.07) is 17.3. The van der Waals surface area contributed by atoms with Gasteiger partial charge < -0.3 is 45.6 Å². The van der Waals surface area contributed by atoms with Gasteiger partial charge in [0.25, 0.3) is 17.7 Å². The van der Waals surface area contributed by atoms with Crippen molar-refractivity contribution >= 4 is 135 Å². The van der Waals surface area contributed by atoms with E-state index < -0.39 is 53.8 Å². The summed E-state index contributed by atoms with van der Waals surface area (Å²) in [5, 5.41) is 44.2. The van der Waals surface area contributed by atoms with Gasteiger partial charge in [-0.15, -0.1) is 12.4 Å². The van der Waals surface area contributed by atoms with Gasteiger partial charge in [-0.25, -0.2) is 28.4 Å². The number of carbonyl (C=O) groups is 6. The molecule has 9 heterocycles. The lowest BCUT2D eigenvalue weighted by Gasteiger charge is -2.34. The van der Waals surface area contributed by atoms with E-state index in [1.807, 2.05) is 52.0 Å². The van der Waals surface area contributed by atoms with E-state index in [1.54, 1.807) is 99.9 Å². The number of rotatable bonds is 9. The average Bonchev–Trinajstić information content (AvgIpc) is 2.10. The minimum atomic E-state index is -0.987. The molecule has 0 aliphatic carbocycles. The van der Waals surface area contributed by atoms with Gasteiger partial charge in [0.1, 0.15) is 59.3 Å². The molecule has 3 saturated heterocycles. The molecule has 5 N–H and O–H groups in total. The number of carboxylic acids is 2. The van der Waals surface area contributed by atoms with Gasteiger partial charge in [-0.05, 0) is 133 Å². The van der Waals surface area contributed by atoms with Crippen LogP contribution in [-0.4, -0.2) is 133 Å². The first-order chi connectivity index (χ1) is 41.8. The van der Waals surface area contributed by atoms with Gasteiger partial charge in [-0.2, -0.15) is 15.3 Å². The van der Waals surface area contributed by atoms with Crippen molar-refractivity contribution in [3.63, 3.8) is 0 Å². The molecule has 3 aromatic heterocycles. The van der Waals surface area contributed by atoms with E-state index in [1.165, 1.54) is 9.80 Å². The van der Waals surface area contributed by atoms with Crippen molar-refractivity contribution in [2.24, 2.45) is 0 Å². The summed E-state index contributed by atoms with van der Waals surface area (Å²) in [6.07, 6.45) is 8.49. The van der Waals surface area contributed by atoms with E-state index in [9.17, 15) is 39.0 Å². The molecule has 28 heteroatoms. The molecule has 3 fully saturated rings. The molecule has 6 aliphatic heterocycles. The Bertz CT molecular complexity index is 3730. The summed E-state index contributed by atoms with van der Waals surface area (Å²) in [7, 11) is 0. The highest BCUT2D eigenvalue weighted by Crippen LogP contribution is 2.43. The number of nitrogens with one attached hydrogen (secondary N) is 3. The Labute approximate surface area is 548 Å². The van der Waals surface area contributed by atoms with Crippen molar-refractivity contribution < 1.29 is 43.7 Å². The number of aliphatic carboxylic acids is 2. The van der Waals surface area contributed by atoms with Crippen LogP contribution < -0.4 is 16.0 Å². The Balaban J connectivity index is 0.000000158. The van der Waals surface area contributed by atoms with E-state index >= 15 is 0 Å². The number of ether oxygens (including phenoxy) is 1. The van der Waals surface area contributed by atoms with Gasteiger partial charge in [0.15, 0.2) is 0 Å². The first kappa shape index (κ1) is 66.2. The number of carboxylic acid groups (broad SMARTS) is 2. The zero-order valence-corrected chi connectivity index (χ0v) is 54.3. The highest BCUT2D eigenvalue weighted by Gasteiger charge is 2.45. The third kappa shape index (κ3) is 13.5. The minimum absolute atomic E-state index is 0. The van der Waals surface area contributed by atoms with Crippen molar-refractivity contribution in [1.82, 2.24) is 44.0 Å². The summed E-state index contributed by atoms with van der Waals surface area (Å²) in [4.78, 5) is 81.3. The Morgan fingerprint density at radius 2 is 0.764 bits per heavy atom. The van der Waals surface area contributed by atoms with Crippen LogP contribution in [0.2, 0.25) is 30.1 Å². The van der Waals surface area contributed by atoms with Gasteiger partial charge in [0.05, 0.1) is 65.4 Å². The lowest BCUT2D eigenvalue weighted by Crippen LogP contribution is -2.46. The molecule has 6 aromatic rings. The third-order valence-electron chi connectivity index (χ3n) is 16.0. The summed E-state index contributed by atoms with van der Waals surface area (Å²) >= 11 is 37.0. The molecule has 3 aromatic carbocycles. The Morgan fingerprint density at radius 1 is 0.472 bits per heavy atom. The van der Waals surface area contributed by atoms with Gasteiger partial charge >= 0.3 is 17.9 Å². The van der Waals surface area contributed by atoms with E-state index in [4.69, 9.17) is 74.3 Å². The van der Waals surface area contributed by atoms with Crippen LogP contribution in [0.15, 0.2) is 125 Å². The average molecular weight is 1360 g/mol. The highest BCUT2D eigenvalue weighted by atomic mass is 35.5. The van der Waals surface area contributed by atoms with Crippen LogP contribution in [0.4, 0.5) is 17.5 Å². The fourth-order valence-electron chi connectivity index (χ4n) is 12.0. The molecule has 6 aliphatic rings. The number of anilines is 3. The number of esters is 1. The Morgan fingerprint density at radius 3 is 1.04 bits per heavy atom. The number of likely N-dealkylation sites (tertiary alicyclic amines) is 3. The second-order valence-electron chi connectivity index (χ2n) is 22.9. The van der Waals surface area contributed by atoms with Crippen LogP contribution in [-0.2, 0) is 33.5 Å². The molecular weight excluding hydrogens is 1290 g/mol. The molecule has 0 bridgehead atoms. The maximum Gasteiger partial charge on any atom is 0.329 e. The quantitative estimate of drug-likeness (QED) is 0.0844. The second kappa shape index (κ2) is 27.1. The number of hydrogen-bond donors (Lipinski definition) is 5. The normalized spacial score (nSPS) is 21.0. The van der Waals surface area contributed by atoms with Crippen LogP contribution in [0.3, 0.4) is 0 Å². The van der Waals surface area contributed by atoms with E-state index in [-0.39, 0.29) is 36.1 Å². The van der Waals surface area contributed by atoms with Crippen molar-refractivity contribution in [3.05, 3.63) is 172 Å². The van der Waals surface area contributed by atoms with Crippen LogP contribution >= 0.6 is 82.0 Å². The van der Waals surface area contributed by atoms with Gasteiger partial charge in [0, 0.05) is 54.9 Å². The Hall–Kier alpha value is -7.24. The van der Waals surface area contributed by atoms with Crippen molar-refractivity contribution in [1.29, 1.82) is 0 Å². The predicted molar refractivity (Wildman–Crippen MR) is 342 cm³/mol. The number of allylic oxidation sites excluding steroid dienone is 3. The van der Waals surface area contributed by atoms with Crippen molar-refractivity contribution in [3.8, 4) is 0 Å². The minimum Gasteiger partial charge on any atom is -0.480 e. The first-order valence-electron chi connectivity index (χ1n) is 28.3. The number of benzene rings is 3. The monoisotopic (exact) mass is 1350 g/mol. The fourth-order valence-corrected chi connectivity index (χ4v) is 13.0. The number of aromatic nitrogens is 6. The molecule has 3 unspecified atom stereocenters. The number of amides is 3. The maximum absolute atomic E-state index is 13.9. The van der Waals surface area contributed by atoms with Crippen molar-refractivity contribution in [2.45, 2.75) is 122 Å². The molecule has 21 nitrogen and oxygen atoms in total. The van der Waals surface area contributed by atoms with Crippen LogP contribution in [0.25, 0.3) is 0 Å². The van der Waals surface area contributed by atoms with Gasteiger partial charge in [-0.3, -0.25) is 14.4 Å². The van der Waals surface area contributed by atoms with Crippen LogP contribution in [0.5, 0.6) is 0 Å². The van der Waals surface area contributed by atoms with Gasteiger partial charge in [0.2, 0.25) is 0 Å². The van der Waals surface area contributed by atoms with Crippen molar-refractivity contribution in [2.75, 3.05) is 35.6 Å². The zero-order valence-electron chi connectivity index (χ0n) is 48.9. The van der Waals surface area contributed by atoms with E-state index in [2.05, 4.69) is 31.2 Å². The number of hydrogen-bond acceptors (Lipinski definition) is 13. The summed E-state index contributed by atoms with van der Waals surface area (Å²) in [6.45, 7) is 12.2. The van der Waals surface area contributed by atoms with Crippen LogP contribution in [0, 0.1) is 0 Å². The van der Waals surface area contributed by atoms with Gasteiger partial charge in [-0.1, -0.05) is 87.8 Å². The molecule has 0 spiro atoms. The summed E-state index contributed by atoms with van der Waals surface area (Å²) in [5.74, 6) is -0.962. The molecule has 6 atom stereocenters.